The summed E-state index contributed by atoms with van der Waals surface area (Å²) < 4.78 is 0. The van der Waals surface area contributed by atoms with Crippen LogP contribution in [0, 0.1) is 47.1 Å². The Kier molecular flexibility index (Phi) is 5.29. The number of benzene rings is 2. The lowest BCUT2D eigenvalue weighted by Crippen LogP contribution is -2.51. The molecule has 180 valence electrons. The molecular weight excluding hydrogens is 458 g/mol. The highest BCUT2D eigenvalue weighted by Crippen LogP contribution is 2.60. The van der Waals surface area contributed by atoms with Crippen molar-refractivity contribution in [3.8, 4) is 21.7 Å². The van der Waals surface area contributed by atoms with Gasteiger partial charge in [0, 0.05) is 17.7 Å². The van der Waals surface area contributed by atoms with E-state index < -0.39 is 4.92 Å². The number of amides is 1. The maximum absolute atomic E-state index is 13.7. The van der Waals surface area contributed by atoms with Crippen LogP contribution in [0.15, 0.2) is 42.5 Å². The number of anilines is 1. The van der Waals surface area contributed by atoms with E-state index in [0.717, 1.165) is 46.5 Å². The van der Waals surface area contributed by atoms with Gasteiger partial charge in [0.15, 0.2) is 5.13 Å². The van der Waals surface area contributed by atoms with Crippen molar-refractivity contribution in [2.24, 2.45) is 23.2 Å². The Bertz CT molecular complexity index is 1290. The van der Waals surface area contributed by atoms with Crippen molar-refractivity contribution < 1.29 is 9.72 Å². The van der Waals surface area contributed by atoms with Gasteiger partial charge in [0.1, 0.15) is 0 Å². The summed E-state index contributed by atoms with van der Waals surface area (Å²) in [6.45, 7) is 4.15. The Morgan fingerprint density at radius 1 is 1.03 bits per heavy atom. The van der Waals surface area contributed by atoms with E-state index in [-0.39, 0.29) is 17.0 Å². The molecule has 1 amide bonds. The summed E-state index contributed by atoms with van der Waals surface area (Å²) >= 11 is 1.49. The van der Waals surface area contributed by atoms with Crippen molar-refractivity contribution in [3.63, 3.8) is 0 Å². The smallest absolute Gasteiger partial charge is 0.269 e. The highest BCUT2D eigenvalue weighted by molar-refractivity contribution is 7.19. The summed E-state index contributed by atoms with van der Waals surface area (Å²) in [6, 6.07) is 12.8. The van der Waals surface area contributed by atoms with Crippen molar-refractivity contribution in [2.75, 3.05) is 5.32 Å². The third kappa shape index (κ3) is 3.96. The van der Waals surface area contributed by atoms with E-state index in [1.807, 2.05) is 0 Å². The lowest BCUT2D eigenvalue weighted by Gasteiger charge is -2.55. The Morgan fingerprint density at radius 3 is 2.23 bits per heavy atom. The van der Waals surface area contributed by atoms with Gasteiger partial charge in [0.2, 0.25) is 5.91 Å². The first-order valence-corrected chi connectivity index (χ1v) is 13.3. The first kappa shape index (κ1) is 22.4. The topological polar surface area (TPSA) is 85.1 Å². The number of non-ortho nitro benzene ring substituents is 1. The molecule has 0 radical (unpaired) electrons. The number of carbonyl (C=O) groups excluding carboxylic acids is 1. The van der Waals surface area contributed by atoms with Crippen molar-refractivity contribution >= 4 is 28.1 Å². The van der Waals surface area contributed by atoms with Gasteiger partial charge in [-0.3, -0.25) is 14.9 Å². The fraction of sp³-hybridized carbons (Fsp3) is 0.429. The van der Waals surface area contributed by atoms with E-state index in [0.29, 0.717) is 22.9 Å². The zero-order valence-electron chi connectivity index (χ0n) is 20.0. The van der Waals surface area contributed by atoms with Gasteiger partial charge in [-0.15, -0.1) is 0 Å². The molecule has 1 aromatic heterocycles. The van der Waals surface area contributed by atoms with Crippen LogP contribution in [0.5, 0.6) is 0 Å². The number of thiazole rings is 1. The number of nitrogens with zero attached hydrogens (tertiary/aromatic N) is 2. The van der Waals surface area contributed by atoms with Gasteiger partial charge in [-0.2, -0.15) is 0 Å². The molecule has 7 heteroatoms. The van der Waals surface area contributed by atoms with Gasteiger partial charge < -0.3 is 5.32 Å². The molecule has 3 aromatic rings. The molecule has 0 spiro atoms. The molecule has 4 aliphatic rings. The number of nitro benzene ring substituents is 1. The Labute approximate surface area is 208 Å². The van der Waals surface area contributed by atoms with Crippen LogP contribution in [0.4, 0.5) is 10.8 Å². The quantitative estimate of drug-likeness (QED) is 0.306. The molecule has 0 atom stereocenters. The number of nitrogens with one attached hydrogen (secondary N) is 1. The molecule has 1 N–H and O–H groups in total. The highest BCUT2D eigenvalue weighted by Gasteiger charge is 2.54. The van der Waals surface area contributed by atoms with Gasteiger partial charge in [0.05, 0.1) is 20.9 Å². The minimum absolute atomic E-state index is 0.0485. The van der Waals surface area contributed by atoms with Gasteiger partial charge in [-0.25, -0.2) is 4.98 Å². The molecule has 0 saturated heterocycles. The van der Waals surface area contributed by atoms with Crippen molar-refractivity contribution in [2.45, 2.75) is 52.4 Å². The average Bonchev–Trinajstić information content (AvgIpc) is 3.21. The Balaban J connectivity index is 1.37. The standard InChI is InChI=1S/C28H29N3O3S/c1-16-3-8-23(17(2)9-16)25-24(21-4-6-22(7-5-21)31(33)34)29-27(35-25)30-26(32)28-13-18-10-19(14-28)12-20(11-18)15-28/h3-9,18-20H,10-15H2,1-2H3,(H,29,30,32). The molecule has 2 aromatic carbocycles. The minimum atomic E-state index is -0.396. The number of nitro groups is 1. The summed E-state index contributed by atoms with van der Waals surface area (Å²) in [5.74, 6) is 2.23. The van der Waals surface area contributed by atoms with Crippen LogP contribution in [0.25, 0.3) is 21.7 Å². The molecule has 4 saturated carbocycles. The second-order valence-corrected chi connectivity index (χ2v) is 12.0. The third-order valence-corrected chi connectivity index (χ3v) is 9.35. The van der Waals surface area contributed by atoms with E-state index in [1.165, 1.54) is 48.3 Å². The summed E-state index contributed by atoms with van der Waals surface area (Å²) in [6.07, 6.45) is 6.92. The predicted octanol–water partition coefficient (Wildman–Crippen LogP) is 7.16. The monoisotopic (exact) mass is 487 g/mol. The minimum Gasteiger partial charge on any atom is -0.301 e. The first-order valence-electron chi connectivity index (χ1n) is 12.4. The normalized spacial score (nSPS) is 26.6. The summed E-state index contributed by atoms with van der Waals surface area (Å²) in [4.78, 5) is 30.3. The van der Waals surface area contributed by atoms with Gasteiger partial charge in [-0.05, 0) is 93.4 Å². The number of aryl methyl sites for hydroxylation is 2. The lowest BCUT2D eigenvalue weighted by atomic mass is 9.49. The van der Waals surface area contributed by atoms with Crippen LogP contribution in [0.2, 0.25) is 0 Å². The van der Waals surface area contributed by atoms with Crippen LogP contribution < -0.4 is 5.32 Å². The van der Waals surface area contributed by atoms with Crippen LogP contribution >= 0.6 is 11.3 Å². The number of hydrogen-bond donors (Lipinski definition) is 1. The molecule has 4 aliphatic carbocycles. The molecule has 0 aliphatic heterocycles. The van der Waals surface area contributed by atoms with Crippen LogP contribution in [0.3, 0.4) is 0 Å². The maximum Gasteiger partial charge on any atom is 0.269 e. The molecule has 7 rings (SSSR count). The lowest BCUT2D eigenvalue weighted by molar-refractivity contribution is -0.384. The molecule has 0 unspecified atom stereocenters. The fourth-order valence-electron chi connectivity index (χ4n) is 7.18. The highest BCUT2D eigenvalue weighted by atomic mass is 32.1. The Hall–Kier alpha value is -3.06. The van der Waals surface area contributed by atoms with Crippen molar-refractivity contribution in [1.29, 1.82) is 0 Å². The number of aromatic nitrogens is 1. The number of rotatable bonds is 5. The van der Waals surface area contributed by atoms with Gasteiger partial charge >= 0.3 is 0 Å². The van der Waals surface area contributed by atoms with E-state index in [2.05, 4.69) is 37.4 Å². The van der Waals surface area contributed by atoms with Crippen LogP contribution in [-0.4, -0.2) is 15.8 Å². The van der Waals surface area contributed by atoms with Crippen LogP contribution in [0.1, 0.15) is 49.7 Å². The molecule has 35 heavy (non-hydrogen) atoms. The maximum atomic E-state index is 13.7. The van der Waals surface area contributed by atoms with E-state index in [4.69, 9.17) is 4.98 Å². The number of carbonyl (C=O) groups is 1. The largest absolute Gasteiger partial charge is 0.301 e. The van der Waals surface area contributed by atoms with Crippen LogP contribution in [-0.2, 0) is 4.79 Å². The SMILES string of the molecule is Cc1ccc(-c2sc(NC(=O)C34CC5CC(CC(C5)C3)C4)nc2-c2ccc([N+](=O)[O-])cc2)c(C)c1. The zero-order valence-corrected chi connectivity index (χ0v) is 20.9. The summed E-state index contributed by atoms with van der Waals surface area (Å²) in [7, 11) is 0. The van der Waals surface area contributed by atoms with Gasteiger partial charge in [0.25, 0.3) is 5.69 Å². The fourth-order valence-corrected chi connectivity index (χ4v) is 8.25. The number of hydrogen-bond acceptors (Lipinski definition) is 5. The van der Waals surface area contributed by atoms with Crippen molar-refractivity contribution in [1.82, 2.24) is 4.98 Å². The van der Waals surface area contributed by atoms with E-state index >= 15 is 0 Å². The van der Waals surface area contributed by atoms with E-state index in [9.17, 15) is 14.9 Å². The average molecular weight is 488 g/mol. The zero-order chi connectivity index (χ0) is 24.3. The summed E-state index contributed by atoms with van der Waals surface area (Å²) in [5.41, 5.74) is 4.74. The molecule has 4 bridgehead atoms. The molecular formula is C28H29N3O3S. The van der Waals surface area contributed by atoms with Crippen molar-refractivity contribution in [3.05, 3.63) is 63.7 Å². The summed E-state index contributed by atoms with van der Waals surface area (Å²) in [5, 5.41) is 15.0. The third-order valence-electron chi connectivity index (χ3n) is 8.35. The molecule has 6 nitrogen and oxygen atoms in total. The Morgan fingerprint density at radius 2 is 1.66 bits per heavy atom. The second-order valence-electron chi connectivity index (χ2n) is 11.0. The first-order chi connectivity index (χ1) is 16.8. The molecule has 1 heterocycles. The van der Waals surface area contributed by atoms with E-state index in [1.54, 1.807) is 12.1 Å². The van der Waals surface area contributed by atoms with Gasteiger partial charge in [-0.1, -0.05) is 35.1 Å². The second kappa shape index (κ2) is 8.26. The molecule has 4 fully saturated rings. The predicted molar refractivity (Wildman–Crippen MR) is 138 cm³/mol.